The van der Waals surface area contributed by atoms with E-state index in [4.69, 9.17) is 9.47 Å². The fraction of sp³-hybridized carbons (Fsp3) is 0.500. The zero-order valence-electron chi connectivity index (χ0n) is 12.6. The number of benzene rings is 1. The SMILES string of the molecule is Cc1ccc(OCC(=O)O[C@@H](C)C(=O)NC2CC2)cc1C. The Labute approximate surface area is 124 Å². The first-order valence-electron chi connectivity index (χ1n) is 7.15. The molecule has 0 aromatic heterocycles. The second kappa shape index (κ2) is 6.61. The summed E-state index contributed by atoms with van der Waals surface area (Å²) in [5, 5.41) is 2.79. The predicted octanol–water partition coefficient (Wildman–Crippen LogP) is 1.89. The van der Waals surface area contributed by atoms with Gasteiger partial charge in [0.2, 0.25) is 0 Å². The number of esters is 1. The van der Waals surface area contributed by atoms with Crippen molar-refractivity contribution in [2.24, 2.45) is 0 Å². The van der Waals surface area contributed by atoms with Crippen LogP contribution in [0.3, 0.4) is 0 Å². The molecule has 1 aromatic rings. The minimum Gasteiger partial charge on any atom is -0.482 e. The van der Waals surface area contributed by atoms with Gasteiger partial charge in [-0.1, -0.05) is 6.07 Å². The predicted molar refractivity (Wildman–Crippen MR) is 78.1 cm³/mol. The molecule has 1 aliphatic carbocycles. The zero-order valence-corrected chi connectivity index (χ0v) is 12.6. The van der Waals surface area contributed by atoms with Crippen molar-refractivity contribution in [3.05, 3.63) is 29.3 Å². The van der Waals surface area contributed by atoms with Gasteiger partial charge in [0.05, 0.1) is 0 Å². The smallest absolute Gasteiger partial charge is 0.344 e. The highest BCUT2D eigenvalue weighted by atomic mass is 16.6. The number of carbonyl (C=O) groups excluding carboxylic acids is 2. The summed E-state index contributed by atoms with van der Waals surface area (Å²) < 4.78 is 10.4. The largest absolute Gasteiger partial charge is 0.482 e. The second-order valence-corrected chi connectivity index (χ2v) is 5.45. The Hall–Kier alpha value is -2.04. The summed E-state index contributed by atoms with van der Waals surface area (Å²) in [5.74, 6) is -0.186. The summed E-state index contributed by atoms with van der Waals surface area (Å²) in [6.07, 6.45) is 1.21. The van der Waals surface area contributed by atoms with Crippen LogP contribution < -0.4 is 10.1 Å². The van der Waals surface area contributed by atoms with Gasteiger partial charge in [0.1, 0.15) is 5.75 Å². The van der Waals surface area contributed by atoms with E-state index in [0.29, 0.717) is 5.75 Å². The van der Waals surface area contributed by atoms with E-state index < -0.39 is 12.1 Å². The fourth-order valence-electron chi connectivity index (χ4n) is 1.78. The molecule has 0 bridgehead atoms. The Morgan fingerprint density at radius 2 is 2.00 bits per heavy atom. The molecule has 1 atom stereocenters. The van der Waals surface area contributed by atoms with Crippen LogP contribution in [-0.4, -0.2) is 30.6 Å². The first kappa shape index (κ1) is 15.4. The molecular formula is C16H21NO4. The van der Waals surface area contributed by atoms with Gasteiger partial charge in [-0.2, -0.15) is 0 Å². The molecule has 0 radical (unpaired) electrons. The Balaban J connectivity index is 1.75. The quantitative estimate of drug-likeness (QED) is 0.813. The van der Waals surface area contributed by atoms with Crippen LogP contribution in [0.15, 0.2) is 18.2 Å². The first-order chi connectivity index (χ1) is 9.95. The number of aryl methyl sites for hydroxylation is 2. The van der Waals surface area contributed by atoms with Gasteiger partial charge < -0.3 is 14.8 Å². The summed E-state index contributed by atoms with van der Waals surface area (Å²) in [6.45, 7) is 5.34. The van der Waals surface area contributed by atoms with Crippen LogP contribution in [-0.2, 0) is 14.3 Å². The van der Waals surface area contributed by atoms with Gasteiger partial charge in [-0.3, -0.25) is 4.79 Å². The van der Waals surface area contributed by atoms with E-state index in [1.54, 1.807) is 13.0 Å². The van der Waals surface area contributed by atoms with Gasteiger partial charge in [-0.15, -0.1) is 0 Å². The number of ether oxygens (including phenoxy) is 2. The van der Waals surface area contributed by atoms with Crippen LogP contribution >= 0.6 is 0 Å². The Bertz CT molecular complexity index is 537. The second-order valence-electron chi connectivity index (χ2n) is 5.45. The minimum absolute atomic E-state index is 0.205. The van der Waals surface area contributed by atoms with Crippen molar-refractivity contribution in [3.8, 4) is 5.75 Å². The highest BCUT2D eigenvalue weighted by Gasteiger charge is 2.27. The van der Waals surface area contributed by atoms with Gasteiger partial charge in [0, 0.05) is 6.04 Å². The molecule has 0 heterocycles. The Kier molecular flexibility index (Phi) is 4.83. The molecule has 1 fully saturated rings. The summed E-state index contributed by atoms with van der Waals surface area (Å²) in [5.41, 5.74) is 2.26. The summed E-state index contributed by atoms with van der Waals surface area (Å²) >= 11 is 0. The number of hydrogen-bond acceptors (Lipinski definition) is 4. The maximum atomic E-state index is 11.7. The lowest BCUT2D eigenvalue weighted by Crippen LogP contribution is -2.37. The van der Waals surface area contributed by atoms with E-state index in [1.807, 2.05) is 26.0 Å². The van der Waals surface area contributed by atoms with E-state index >= 15 is 0 Å². The van der Waals surface area contributed by atoms with Crippen LogP contribution in [0.1, 0.15) is 30.9 Å². The standard InChI is InChI=1S/C16H21NO4/c1-10-4-7-14(8-11(10)2)20-9-15(18)21-12(3)16(19)17-13-5-6-13/h4,7-8,12-13H,5-6,9H2,1-3H3,(H,17,19)/t12-/m0/s1. The molecule has 5 nitrogen and oxygen atoms in total. The molecule has 1 aliphatic rings. The third-order valence-corrected chi connectivity index (χ3v) is 3.44. The van der Waals surface area contributed by atoms with Crippen molar-refractivity contribution in [1.29, 1.82) is 0 Å². The molecule has 21 heavy (non-hydrogen) atoms. The lowest BCUT2D eigenvalue weighted by Gasteiger charge is -2.13. The Morgan fingerprint density at radius 1 is 1.29 bits per heavy atom. The fourth-order valence-corrected chi connectivity index (χ4v) is 1.78. The molecule has 1 N–H and O–H groups in total. The topological polar surface area (TPSA) is 64.6 Å². The van der Waals surface area contributed by atoms with Crippen molar-refractivity contribution in [2.75, 3.05) is 6.61 Å². The molecule has 2 rings (SSSR count). The molecule has 0 aliphatic heterocycles. The molecule has 5 heteroatoms. The van der Waals surface area contributed by atoms with Crippen LogP contribution in [0.5, 0.6) is 5.75 Å². The van der Waals surface area contributed by atoms with E-state index in [2.05, 4.69) is 5.32 Å². The number of rotatable bonds is 6. The monoisotopic (exact) mass is 291 g/mol. The van der Waals surface area contributed by atoms with E-state index in [-0.39, 0.29) is 18.6 Å². The number of hydrogen-bond donors (Lipinski definition) is 1. The molecule has 1 saturated carbocycles. The third-order valence-electron chi connectivity index (χ3n) is 3.44. The minimum atomic E-state index is -0.790. The summed E-state index contributed by atoms with van der Waals surface area (Å²) in [6, 6.07) is 5.86. The molecule has 114 valence electrons. The van der Waals surface area contributed by atoms with Crippen molar-refractivity contribution < 1.29 is 19.1 Å². The average Bonchev–Trinajstić information content (AvgIpc) is 3.24. The third kappa shape index (κ3) is 4.77. The molecule has 0 saturated heterocycles. The molecule has 1 amide bonds. The van der Waals surface area contributed by atoms with Gasteiger partial charge in [-0.25, -0.2) is 4.79 Å². The average molecular weight is 291 g/mol. The maximum Gasteiger partial charge on any atom is 0.344 e. The normalized spacial score (nSPS) is 15.2. The van der Waals surface area contributed by atoms with Crippen molar-refractivity contribution in [3.63, 3.8) is 0 Å². The number of amides is 1. The summed E-state index contributed by atoms with van der Waals surface area (Å²) in [4.78, 5) is 23.3. The van der Waals surface area contributed by atoms with Crippen LogP contribution in [0.2, 0.25) is 0 Å². The molecular weight excluding hydrogens is 270 g/mol. The maximum absolute atomic E-state index is 11.7. The molecule has 0 spiro atoms. The van der Waals surface area contributed by atoms with Gasteiger partial charge >= 0.3 is 5.97 Å². The van der Waals surface area contributed by atoms with E-state index in [9.17, 15) is 9.59 Å². The molecule has 0 unspecified atom stereocenters. The van der Waals surface area contributed by atoms with E-state index in [0.717, 1.165) is 24.0 Å². The van der Waals surface area contributed by atoms with E-state index in [1.165, 1.54) is 0 Å². The lowest BCUT2D eigenvalue weighted by molar-refractivity contribution is -0.156. The number of nitrogens with one attached hydrogen (secondary N) is 1. The van der Waals surface area contributed by atoms with Gasteiger partial charge in [0.15, 0.2) is 12.7 Å². The molecule has 1 aromatic carbocycles. The lowest BCUT2D eigenvalue weighted by atomic mass is 10.1. The van der Waals surface area contributed by atoms with Crippen LogP contribution in [0.4, 0.5) is 0 Å². The zero-order chi connectivity index (χ0) is 15.4. The number of carbonyl (C=O) groups is 2. The summed E-state index contributed by atoms with van der Waals surface area (Å²) in [7, 11) is 0. The van der Waals surface area contributed by atoms with Gasteiger partial charge in [-0.05, 0) is 56.9 Å². The van der Waals surface area contributed by atoms with Crippen molar-refractivity contribution >= 4 is 11.9 Å². The van der Waals surface area contributed by atoms with Crippen molar-refractivity contribution in [1.82, 2.24) is 5.32 Å². The van der Waals surface area contributed by atoms with Crippen LogP contribution in [0.25, 0.3) is 0 Å². The Morgan fingerprint density at radius 3 is 2.62 bits per heavy atom. The highest BCUT2D eigenvalue weighted by molar-refractivity contribution is 5.84. The van der Waals surface area contributed by atoms with Gasteiger partial charge in [0.25, 0.3) is 5.91 Å². The van der Waals surface area contributed by atoms with Crippen LogP contribution in [0, 0.1) is 13.8 Å². The first-order valence-corrected chi connectivity index (χ1v) is 7.15. The highest BCUT2D eigenvalue weighted by Crippen LogP contribution is 2.19. The van der Waals surface area contributed by atoms with Crippen molar-refractivity contribution in [2.45, 2.75) is 45.8 Å².